The molecular weight excluding hydrogens is 422 g/mol. The highest BCUT2D eigenvalue weighted by atomic mass is 15.4. The van der Waals surface area contributed by atoms with E-state index in [1.807, 2.05) is 4.68 Å². The first kappa shape index (κ1) is 22.9. The van der Waals surface area contributed by atoms with Crippen LogP contribution in [0, 0.1) is 6.92 Å². The number of hydrogen-bond acceptors (Lipinski definition) is 6. The highest BCUT2D eigenvalue weighted by Crippen LogP contribution is 2.32. The molecule has 0 spiro atoms. The van der Waals surface area contributed by atoms with Gasteiger partial charge in [-0.3, -0.25) is 4.90 Å². The van der Waals surface area contributed by atoms with Gasteiger partial charge in [0.05, 0.1) is 18.4 Å². The Balaban J connectivity index is 1.35. The van der Waals surface area contributed by atoms with Gasteiger partial charge >= 0.3 is 0 Å². The average molecular weight is 458 g/mol. The summed E-state index contributed by atoms with van der Waals surface area (Å²) in [6.45, 7) is 11.8. The standard InChI is InChI=1S/C27H35N7/c1-21-23-6-2-4-8-25(23)27(26-9-5-3-7-24(21)26)20-34-19-22(31-32-34)18-33-16-14-29-12-10-28-11-13-30-15-17-33/h2-9,19,28-30H,10-18,20H2,1H3. The first-order valence-corrected chi connectivity index (χ1v) is 12.4. The van der Waals surface area contributed by atoms with Crippen LogP contribution in [-0.4, -0.2) is 72.3 Å². The van der Waals surface area contributed by atoms with Crippen molar-refractivity contribution < 1.29 is 0 Å². The molecule has 4 aromatic rings. The Morgan fingerprint density at radius 3 is 1.82 bits per heavy atom. The summed E-state index contributed by atoms with van der Waals surface area (Å²) in [5.41, 5.74) is 3.67. The number of aromatic nitrogens is 3. The zero-order valence-electron chi connectivity index (χ0n) is 20.1. The van der Waals surface area contributed by atoms with Gasteiger partial charge in [0.2, 0.25) is 0 Å². The van der Waals surface area contributed by atoms with E-state index in [4.69, 9.17) is 0 Å². The van der Waals surface area contributed by atoms with E-state index >= 15 is 0 Å². The van der Waals surface area contributed by atoms with Crippen LogP contribution in [0.2, 0.25) is 0 Å². The predicted molar refractivity (Wildman–Crippen MR) is 139 cm³/mol. The molecule has 1 aromatic heterocycles. The summed E-state index contributed by atoms with van der Waals surface area (Å²) in [5.74, 6) is 0. The number of hydrogen-bond donors (Lipinski definition) is 3. The van der Waals surface area contributed by atoms with Crippen LogP contribution in [-0.2, 0) is 13.1 Å². The van der Waals surface area contributed by atoms with Crippen molar-refractivity contribution in [3.8, 4) is 0 Å². The van der Waals surface area contributed by atoms with Crippen LogP contribution in [0.25, 0.3) is 21.5 Å². The maximum absolute atomic E-state index is 4.53. The number of rotatable bonds is 4. The molecule has 1 aliphatic rings. The maximum atomic E-state index is 4.53. The minimum atomic E-state index is 0.713. The minimum Gasteiger partial charge on any atom is -0.314 e. The highest BCUT2D eigenvalue weighted by Gasteiger charge is 2.14. The van der Waals surface area contributed by atoms with Crippen molar-refractivity contribution in [2.75, 3.05) is 52.4 Å². The minimum absolute atomic E-state index is 0.713. The molecule has 1 aliphatic heterocycles. The summed E-state index contributed by atoms with van der Waals surface area (Å²) in [5, 5.41) is 24.8. The lowest BCUT2D eigenvalue weighted by molar-refractivity contribution is 0.260. The molecule has 3 N–H and O–H groups in total. The average Bonchev–Trinajstić information content (AvgIpc) is 3.30. The topological polar surface area (TPSA) is 70.0 Å². The van der Waals surface area contributed by atoms with Crippen molar-refractivity contribution >= 4 is 21.5 Å². The number of nitrogens with one attached hydrogen (secondary N) is 3. The fraction of sp³-hybridized carbons (Fsp3) is 0.407. The zero-order chi connectivity index (χ0) is 23.2. The predicted octanol–water partition coefficient (Wildman–Crippen LogP) is 2.53. The van der Waals surface area contributed by atoms with E-state index in [-0.39, 0.29) is 0 Å². The largest absolute Gasteiger partial charge is 0.314 e. The first-order valence-electron chi connectivity index (χ1n) is 12.4. The molecule has 7 nitrogen and oxygen atoms in total. The second kappa shape index (κ2) is 11.1. The molecule has 0 saturated carbocycles. The zero-order valence-corrected chi connectivity index (χ0v) is 20.1. The van der Waals surface area contributed by atoms with E-state index in [1.54, 1.807) is 0 Å². The van der Waals surface area contributed by atoms with E-state index in [1.165, 1.54) is 32.7 Å². The first-order chi connectivity index (χ1) is 16.8. The Bertz CT molecular complexity index is 1160. The molecule has 2 heterocycles. The van der Waals surface area contributed by atoms with Crippen molar-refractivity contribution in [1.29, 1.82) is 0 Å². The fourth-order valence-corrected chi connectivity index (χ4v) is 4.96. The van der Waals surface area contributed by atoms with Crippen LogP contribution in [0.15, 0.2) is 54.7 Å². The molecule has 0 radical (unpaired) electrons. The lowest BCUT2D eigenvalue weighted by Crippen LogP contribution is -2.41. The van der Waals surface area contributed by atoms with E-state index in [0.717, 1.165) is 64.6 Å². The molecule has 0 amide bonds. The second-order valence-electron chi connectivity index (χ2n) is 9.13. The summed E-state index contributed by atoms with van der Waals surface area (Å²) in [7, 11) is 0. The van der Waals surface area contributed by atoms with Crippen molar-refractivity contribution in [3.63, 3.8) is 0 Å². The van der Waals surface area contributed by atoms with Gasteiger partial charge in [0, 0.05) is 58.9 Å². The molecule has 7 heteroatoms. The van der Waals surface area contributed by atoms with E-state index in [9.17, 15) is 0 Å². The fourth-order valence-electron chi connectivity index (χ4n) is 4.96. The number of fused-ring (bicyclic) bond motifs is 2. The maximum Gasteiger partial charge on any atom is 0.0967 e. The third-order valence-corrected chi connectivity index (χ3v) is 6.77. The molecule has 0 unspecified atom stereocenters. The molecule has 1 saturated heterocycles. The monoisotopic (exact) mass is 457 g/mol. The third kappa shape index (κ3) is 5.28. The van der Waals surface area contributed by atoms with Crippen LogP contribution in [0.4, 0.5) is 0 Å². The molecule has 0 bridgehead atoms. The van der Waals surface area contributed by atoms with Crippen LogP contribution in [0.3, 0.4) is 0 Å². The van der Waals surface area contributed by atoms with Crippen LogP contribution in [0.1, 0.15) is 16.8 Å². The molecule has 5 rings (SSSR count). The summed E-state index contributed by atoms with van der Waals surface area (Å²) in [6, 6.07) is 17.4. The van der Waals surface area contributed by atoms with E-state index in [2.05, 4.69) is 92.8 Å². The van der Waals surface area contributed by atoms with Crippen molar-refractivity contribution in [1.82, 2.24) is 35.8 Å². The summed E-state index contributed by atoms with van der Waals surface area (Å²) in [6.07, 6.45) is 2.12. The lowest BCUT2D eigenvalue weighted by Gasteiger charge is -2.22. The smallest absolute Gasteiger partial charge is 0.0967 e. The highest BCUT2D eigenvalue weighted by molar-refractivity contribution is 6.05. The third-order valence-electron chi connectivity index (χ3n) is 6.77. The number of benzene rings is 3. The molecule has 3 aromatic carbocycles. The lowest BCUT2D eigenvalue weighted by atomic mass is 9.92. The second-order valence-corrected chi connectivity index (χ2v) is 9.13. The van der Waals surface area contributed by atoms with Crippen LogP contribution < -0.4 is 16.0 Å². The van der Waals surface area contributed by atoms with Crippen LogP contribution >= 0.6 is 0 Å². The van der Waals surface area contributed by atoms with Crippen molar-refractivity contribution in [2.45, 2.75) is 20.0 Å². The SMILES string of the molecule is Cc1c2ccccc2c(Cn2cc(CN3CCNCCNCCNCC3)nn2)c2ccccc12. The summed E-state index contributed by atoms with van der Waals surface area (Å²) in [4.78, 5) is 2.46. The molecule has 0 atom stereocenters. The van der Waals surface area contributed by atoms with Crippen molar-refractivity contribution in [2.24, 2.45) is 0 Å². The van der Waals surface area contributed by atoms with Gasteiger partial charge in [0.1, 0.15) is 0 Å². The molecule has 34 heavy (non-hydrogen) atoms. The van der Waals surface area contributed by atoms with Crippen molar-refractivity contribution in [3.05, 3.63) is 71.5 Å². The quantitative estimate of drug-likeness (QED) is 0.409. The van der Waals surface area contributed by atoms with Gasteiger partial charge in [-0.1, -0.05) is 53.7 Å². The Kier molecular flexibility index (Phi) is 7.46. The van der Waals surface area contributed by atoms with Gasteiger partial charge in [0.25, 0.3) is 0 Å². The summed E-state index contributed by atoms with van der Waals surface area (Å²) < 4.78 is 2.00. The molecular formula is C27H35N7. The Morgan fingerprint density at radius 2 is 1.24 bits per heavy atom. The molecule has 0 aliphatic carbocycles. The normalized spacial score (nSPS) is 17.0. The number of nitrogens with zero attached hydrogens (tertiary/aromatic N) is 4. The van der Waals surface area contributed by atoms with Gasteiger partial charge in [-0.05, 0) is 39.6 Å². The van der Waals surface area contributed by atoms with E-state index < -0.39 is 0 Å². The van der Waals surface area contributed by atoms with Gasteiger partial charge in [-0.25, -0.2) is 4.68 Å². The van der Waals surface area contributed by atoms with Gasteiger partial charge in [0.15, 0.2) is 0 Å². The number of aryl methyl sites for hydroxylation is 1. The molecule has 1 fully saturated rings. The Morgan fingerprint density at radius 1 is 0.706 bits per heavy atom. The van der Waals surface area contributed by atoms with Gasteiger partial charge in [-0.2, -0.15) is 0 Å². The Hall–Kier alpha value is -2.84. The Labute approximate surface area is 201 Å². The van der Waals surface area contributed by atoms with Gasteiger partial charge < -0.3 is 16.0 Å². The van der Waals surface area contributed by atoms with E-state index in [0.29, 0.717) is 6.54 Å². The van der Waals surface area contributed by atoms with Crippen LogP contribution in [0.5, 0.6) is 0 Å². The van der Waals surface area contributed by atoms with Gasteiger partial charge in [-0.15, -0.1) is 5.10 Å². The summed E-state index contributed by atoms with van der Waals surface area (Å²) >= 11 is 0. The molecule has 178 valence electrons.